The molecule has 1 heterocycles. The molecule has 0 spiro atoms. The minimum Gasteiger partial charge on any atom is -0.309 e. The van der Waals surface area contributed by atoms with Gasteiger partial charge in [0.1, 0.15) is 0 Å². The molecule has 0 unspecified atom stereocenters. The summed E-state index contributed by atoms with van der Waals surface area (Å²) in [7, 11) is 0. The van der Waals surface area contributed by atoms with Crippen molar-refractivity contribution in [3.05, 3.63) is 41.7 Å². The monoisotopic (exact) mass is 230 g/mol. The van der Waals surface area contributed by atoms with Crippen LogP contribution < -0.4 is 5.32 Å². The Morgan fingerprint density at radius 3 is 2.59 bits per heavy atom. The van der Waals surface area contributed by atoms with Gasteiger partial charge in [-0.15, -0.1) is 0 Å². The van der Waals surface area contributed by atoms with Crippen LogP contribution in [0.2, 0.25) is 0 Å². The standard InChI is InChI=1S/C13H18N4/c1-10(2)14-8-12-9-15-17(16-12)13-6-4-11(3)5-7-13/h4-7,9-10,14H,8H2,1-3H3. The summed E-state index contributed by atoms with van der Waals surface area (Å²) in [4.78, 5) is 1.66. The second-order valence-corrected chi connectivity index (χ2v) is 4.50. The van der Waals surface area contributed by atoms with E-state index in [1.807, 2.05) is 12.1 Å². The van der Waals surface area contributed by atoms with Gasteiger partial charge in [-0.25, -0.2) is 0 Å². The zero-order valence-electron chi connectivity index (χ0n) is 10.5. The van der Waals surface area contributed by atoms with Crippen molar-refractivity contribution in [2.45, 2.75) is 33.4 Å². The fourth-order valence-corrected chi connectivity index (χ4v) is 1.49. The average molecular weight is 230 g/mol. The number of hydrogen-bond acceptors (Lipinski definition) is 3. The predicted molar refractivity (Wildman–Crippen MR) is 68.1 cm³/mol. The van der Waals surface area contributed by atoms with Gasteiger partial charge in [-0.2, -0.15) is 15.0 Å². The van der Waals surface area contributed by atoms with Crippen LogP contribution in [-0.4, -0.2) is 21.0 Å². The van der Waals surface area contributed by atoms with Crippen molar-refractivity contribution in [1.82, 2.24) is 20.3 Å². The molecule has 90 valence electrons. The molecule has 0 radical (unpaired) electrons. The Labute approximate surface area is 102 Å². The highest BCUT2D eigenvalue weighted by Crippen LogP contribution is 2.07. The highest BCUT2D eigenvalue weighted by Gasteiger charge is 2.03. The average Bonchev–Trinajstić information content (AvgIpc) is 2.76. The first kappa shape index (κ1) is 11.8. The second-order valence-electron chi connectivity index (χ2n) is 4.50. The second kappa shape index (κ2) is 5.10. The van der Waals surface area contributed by atoms with Gasteiger partial charge >= 0.3 is 0 Å². The van der Waals surface area contributed by atoms with E-state index < -0.39 is 0 Å². The third-order valence-electron chi connectivity index (χ3n) is 2.50. The van der Waals surface area contributed by atoms with E-state index >= 15 is 0 Å². The van der Waals surface area contributed by atoms with E-state index in [4.69, 9.17) is 0 Å². The number of hydrogen-bond donors (Lipinski definition) is 1. The molecule has 0 aliphatic carbocycles. The molecule has 0 bridgehead atoms. The topological polar surface area (TPSA) is 42.7 Å². The summed E-state index contributed by atoms with van der Waals surface area (Å²) in [6.45, 7) is 7.05. The first-order valence-electron chi connectivity index (χ1n) is 5.87. The zero-order valence-corrected chi connectivity index (χ0v) is 10.5. The molecule has 2 rings (SSSR count). The fraction of sp³-hybridized carbons (Fsp3) is 0.385. The molecule has 1 aromatic heterocycles. The Morgan fingerprint density at radius 1 is 1.24 bits per heavy atom. The van der Waals surface area contributed by atoms with Gasteiger partial charge in [0.2, 0.25) is 0 Å². The van der Waals surface area contributed by atoms with E-state index in [0.717, 1.165) is 17.9 Å². The predicted octanol–water partition coefficient (Wildman–Crippen LogP) is 2.07. The lowest BCUT2D eigenvalue weighted by Crippen LogP contribution is -2.22. The van der Waals surface area contributed by atoms with Crippen LogP contribution in [0.25, 0.3) is 5.69 Å². The summed E-state index contributed by atoms with van der Waals surface area (Å²) in [5, 5.41) is 12.0. The van der Waals surface area contributed by atoms with Crippen molar-refractivity contribution in [2.24, 2.45) is 0 Å². The summed E-state index contributed by atoms with van der Waals surface area (Å²) < 4.78 is 0. The van der Waals surface area contributed by atoms with Crippen molar-refractivity contribution in [3.63, 3.8) is 0 Å². The molecule has 0 aliphatic rings. The molecule has 1 aromatic carbocycles. The van der Waals surface area contributed by atoms with Gasteiger partial charge in [-0.1, -0.05) is 31.5 Å². The minimum absolute atomic E-state index is 0.458. The Hall–Kier alpha value is -1.68. The smallest absolute Gasteiger partial charge is 0.0969 e. The highest BCUT2D eigenvalue weighted by atomic mass is 15.5. The number of nitrogens with zero attached hydrogens (tertiary/aromatic N) is 3. The van der Waals surface area contributed by atoms with Gasteiger partial charge in [-0.3, -0.25) is 0 Å². The van der Waals surface area contributed by atoms with E-state index in [-0.39, 0.29) is 0 Å². The first-order valence-corrected chi connectivity index (χ1v) is 5.87. The lowest BCUT2D eigenvalue weighted by Gasteiger charge is -2.04. The van der Waals surface area contributed by atoms with Gasteiger partial charge in [0.05, 0.1) is 17.6 Å². The minimum atomic E-state index is 0.458. The lowest BCUT2D eigenvalue weighted by atomic mass is 10.2. The summed E-state index contributed by atoms with van der Waals surface area (Å²) in [5.41, 5.74) is 3.19. The van der Waals surface area contributed by atoms with Crippen LogP contribution in [0.1, 0.15) is 25.1 Å². The zero-order chi connectivity index (χ0) is 12.3. The number of aromatic nitrogens is 3. The van der Waals surface area contributed by atoms with Crippen molar-refractivity contribution in [1.29, 1.82) is 0 Å². The van der Waals surface area contributed by atoms with Gasteiger partial charge < -0.3 is 5.32 Å². The fourth-order valence-electron chi connectivity index (χ4n) is 1.49. The molecule has 0 aliphatic heterocycles. The van der Waals surface area contributed by atoms with E-state index in [1.54, 1.807) is 11.0 Å². The van der Waals surface area contributed by atoms with Crippen LogP contribution in [-0.2, 0) is 6.54 Å². The molecule has 17 heavy (non-hydrogen) atoms. The van der Waals surface area contributed by atoms with Crippen molar-refractivity contribution >= 4 is 0 Å². The summed E-state index contributed by atoms with van der Waals surface area (Å²) in [5.74, 6) is 0. The van der Waals surface area contributed by atoms with Crippen molar-refractivity contribution < 1.29 is 0 Å². The Balaban J connectivity index is 2.10. The van der Waals surface area contributed by atoms with Gasteiger partial charge in [0.25, 0.3) is 0 Å². The molecule has 0 fully saturated rings. The highest BCUT2D eigenvalue weighted by molar-refractivity contribution is 5.32. The normalized spacial score (nSPS) is 11.1. The van der Waals surface area contributed by atoms with Crippen LogP contribution in [0, 0.1) is 6.92 Å². The molecule has 0 atom stereocenters. The molecule has 0 amide bonds. The van der Waals surface area contributed by atoms with Crippen LogP contribution in [0.4, 0.5) is 0 Å². The summed E-state index contributed by atoms with van der Waals surface area (Å²) in [6.07, 6.45) is 1.80. The Kier molecular flexibility index (Phi) is 3.54. The largest absolute Gasteiger partial charge is 0.309 e. The Morgan fingerprint density at radius 2 is 1.94 bits per heavy atom. The van der Waals surface area contributed by atoms with Gasteiger partial charge in [-0.05, 0) is 19.1 Å². The van der Waals surface area contributed by atoms with E-state index in [2.05, 4.69) is 48.4 Å². The van der Waals surface area contributed by atoms with Crippen LogP contribution in [0.3, 0.4) is 0 Å². The van der Waals surface area contributed by atoms with E-state index in [1.165, 1.54) is 5.56 Å². The van der Waals surface area contributed by atoms with E-state index in [9.17, 15) is 0 Å². The molecule has 0 saturated heterocycles. The maximum atomic E-state index is 4.43. The molecule has 0 saturated carbocycles. The number of rotatable bonds is 4. The third kappa shape index (κ3) is 3.14. The summed E-state index contributed by atoms with van der Waals surface area (Å²) >= 11 is 0. The quantitative estimate of drug-likeness (QED) is 0.874. The number of nitrogens with one attached hydrogen (secondary N) is 1. The van der Waals surface area contributed by atoms with Gasteiger partial charge in [0.15, 0.2) is 0 Å². The molecule has 4 heteroatoms. The third-order valence-corrected chi connectivity index (χ3v) is 2.50. The maximum Gasteiger partial charge on any atom is 0.0969 e. The summed E-state index contributed by atoms with van der Waals surface area (Å²) in [6, 6.07) is 8.62. The van der Waals surface area contributed by atoms with Crippen LogP contribution >= 0.6 is 0 Å². The van der Waals surface area contributed by atoms with E-state index in [0.29, 0.717) is 6.04 Å². The van der Waals surface area contributed by atoms with Crippen LogP contribution in [0.15, 0.2) is 30.5 Å². The van der Waals surface area contributed by atoms with Crippen molar-refractivity contribution in [3.8, 4) is 5.69 Å². The molecule has 1 N–H and O–H groups in total. The Bertz CT molecular complexity index is 470. The molecular formula is C13H18N4. The molecule has 4 nitrogen and oxygen atoms in total. The van der Waals surface area contributed by atoms with Crippen LogP contribution in [0.5, 0.6) is 0 Å². The maximum absolute atomic E-state index is 4.43. The first-order chi connectivity index (χ1) is 8.15. The number of benzene rings is 1. The number of aryl methyl sites for hydroxylation is 1. The lowest BCUT2D eigenvalue weighted by molar-refractivity contribution is 0.577. The molecular weight excluding hydrogens is 212 g/mol. The van der Waals surface area contributed by atoms with Crippen molar-refractivity contribution in [2.75, 3.05) is 0 Å². The SMILES string of the molecule is Cc1ccc(-n2ncc(CNC(C)C)n2)cc1. The molecule has 2 aromatic rings. The van der Waals surface area contributed by atoms with Gasteiger partial charge in [0, 0.05) is 12.6 Å².